The molecule has 8 heteroatoms. The van der Waals surface area contributed by atoms with Gasteiger partial charge in [0.25, 0.3) is 5.91 Å². The zero-order valence-corrected chi connectivity index (χ0v) is 14.9. The summed E-state index contributed by atoms with van der Waals surface area (Å²) >= 11 is 6.03. The number of hydrogen-bond acceptors (Lipinski definition) is 6. The predicted octanol–water partition coefficient (Wildman–Crippen LogP) is 3.18. The molecular formula is C18H16ClNO6. The summed E-state index contributed by atoms with van der Waals surface area (Å²) in [6, 6.07) is 7.94. The van der Waals surface area contributed by atoms with Crippen LogP contribution < -0.4 is 19.5 Å². The molecule has 0 spiro atoms. The Kier molecular flexibility index (Phi) is 5.18. The van der Waals surface area contributed by atoms with Gasteiger partial charge in [0.05, 0.1) is 18.4 Å². The molecule has 0 unspecified atom stereocenters. The summed E-state index contributed by atoms with van der Waals surface area (Å²) in [5.74, 6) is 0.294. The van der Waals surface area contributed by atoms with Crippen molar-refractivity contribution in [3.63, 3.8) is 0 Å². The van der Waals surface area contributed by atoms with Crippen molar-refractivity contribution in [2.24, 2.45) is 0 Å². The van der Waals surface area contributed by atoms with Gasteiger partial charge in [-0.15, -0.1) is 0 Å². The highest BCUT2D eigenvalue weighted by Gasteiger charge is 2.18. The average molecular weight is 378 g/mol. The Bertz CT molecular complexity index is 867. The largest absolute Gasteiger partial charge is 0.495 e. The number of esters is 1. The molecule has 0 aromatic heterocycles. The van der Waals surface area contributed by atoms with Crippen molar-refractivity contribution in [2.45, 2.75) is 6.92 Å². The molecule has 1 heterocycles. The number of aryl methyl sites for hydroxylation is 1. The molecule has 1 N–H and O–H groups in total. The molecule has 0 saturated heterocycles. The Balaban J connectivity index is 1.61. The highest BCUT2D eigenvalue weighted by atomic mass is 35.5. The van der Waals surface area contributed by atoms with Gasteiger partial charge >= 0.3 is 5.97 Å². The maximum absolute atomic E-state index is 12.1. The van der Waals surface area contributed by atoms with Crippen LogP contribution in [-0.2, 0) is 9.53 Å². The molecule has 3 rings (SSSR count). The molecule has 136 valence electrons. The number of methoxy groups -OCH3 is 1. The van der Waals surface area contributed by atoms with E-state index >= 15 is 0 Å². The van der Waals surface area contributed by atoms with Crippen LogP contribution in [0.3, 0.4) is 0 Å². The fourth-order valence-electron chi connectivity index (χ4n) is 2.35. The molecule has 7 nitrogen and oxygen atoms in total. The van der Waals surface area contributed by atoms with E-state index in [1.54, 1.807) is 31.2 Å². The van der Waals surface area contributed by atoms with Gasteiger partial charge in [-0.1, -0.05) is 11.6 Å². The standard InChI is InChI=1S/C18H16ClNO6/c1-10-5-13(15(23-2)7-12(10)19)20-17(21)8-24-18(22)11-3-4-14-16(6-11)26-9-25-14/h3-7H,8-9H2,1-2H3,(H,20,21). The first kappa shape index (κ1) is 17.9. The second-order valence-corrected chi connectivity index (χ2v) is 5.90. The number of fused-ring (bicyclic) bond motifs is 1. The van der Waals surface area contributed by atoms with Crippen LogP contribution in [0.1, 0.15) is 15.9 Å². The monoisotopic (exact) mass is 377 g/mol. The number of nitrogens with one attached hydrogen (secondary N) is 1. The summed E-state index contributed by atoms with van der Waals surface area (Å²) in [7, 11) is 1.47. The van der Waals surface area contributed by atoms with E-state index in [9.17, 15) is 9.59 Å². The topological polar surface area (TPSA) is 83.1 Å². The smallest absolute Gasteiger partial charge is 0.338 e. The Labute approximate surface area is 154 Å². The molecule has 0 bridgehead atoms. The van der Waals surface area contributed by atoms with E-state index in [-0.39, 0.29) is 12.4 Å². The van der Waals surface area contributed by atoms with Crippen LogP contribution in [0.5, 0.6) is 17.2 Å². The van der Waals surface area contributed by atoms with E-state index in [1.165, 1.54) is 13.2 Å². The van der Waals surface area contributed by atoms with Crippen LogP contribution in [0.2, 0.25) is 5.02 Å². The molecule has 0 aliphatic carbocycles. The summed E-state index contributed by atoms with van der Waals surface area (Å²) in [5, 5.41) is 3.16. The molecule has 2 aromatic carbocycles. The van der Waals surface area contributed by atoms with Crippen molar-refractivity contribution in [1.29, 1.82) is 0 Å². The zero-order valence-electron chi connectivity index (χ0n) is 14.1. The maximum Gasteiger partial charge on any atom is 0.338 e. The number of anilines is 1. The van der Waals surface area contributed by atoms with Gasteiger partial charge in [0, 0.05) is 11.1 Å². The van der Waals surface area contributed by atoms with Crippen molar-refractivity contribution in [3.05, 3.63) is 46.5 Å². The van der Waals surface area contributed by atoms with E-state index in [2.05, 4.69) is 5.32 Å². The fraction of sp³-hybridized carbons (Fsp3) is 0.222. The summed E-state index contributed by atoms with van der Waals surface area (Å²) < 4.78 is 20.6. The lowest BCUT2D eigenvalue weighted by atomic mass is 10.2. The van der Waals surface area contributed by atoms with Crippen molar-refractivity contribution in [3.8, 4) is 17.2 Å². The average Bonchev–Trinajstić information content (AvgIpc) is 3.10. The van der Waals surface area contributed by atoms with Crippen molar-refractivity contribution >= 4 is 29.2 Å². The van der Waals surface area contributed by atoms with Gasteiger partial charge in [-0.05, 0) is 36.8 Å². The number of carbonyl (C=O) groups excluding carboxylic acids is 2. The summed E-state index contributed by atoms with van der Waals surface area (Å²) in [6.07, 6.45) is 0. The van der Waals surface area contributed by atoms with E-state index < -0.39 is 18.5 Å². The fourth-order valence-corrected chi connectivity index (χ4v) is 2.51. The normalized spacial score (nSPS) is 11.8. The first-order valence-corrected chi connectivity index (χ1v) is 8.06. The van der Waals surface area contributed by atoms with Crippen LogP contribution >= 0.6 is 11.6 Å². The third-order valence-electron chi connectivity index (χ3n) is 3.70. The number of hydrogen-bond donors (Lipinski definition) is 1. The summed E-state index contributed by atoms with van der Waals surface area (Å²) in [4.78, 5) is 24.2. The number of carbonyl (C=O) groups is 2. The van der Waals surface area contributed by atoms with Crippen LogP contribution in [0, 0.1) is 6.92 Å². The minimum absolute atomic E-state index is 0.110. The number of rotatable bonds is 5. The first-order chi connectivity index (χ1) is 12.5. The molecule has 1 amide bonds. The minimum atomic E-state index is -0.641. The van der Waals surface area contributed by atoms with Crippen molar-refractivity contribution < 1.29 is 28.5 Å². The summed E-state index contributed by atoms with van der Waals surface area (Å²) in [6.45, 7) is 1.47. The molecule has 0 atom stereocenters. The van der Waals surface area contributed by atoms with Crippen LogP contribution in [0.25, 0.3) is 0 Å². The van der Waals surface area contributed by atoms with Gasteiger partial charge in [-0.2, -0.15) is 0 Å². The van der Waals surface area contributed by atoms with Gasteiger partial charge in [-0.25, -0.2) is 4.79 Å². The third-order valence-corrected chi connectivity index (χ3v) is 4.10. The van der Waals surface area contributed by atoms with Gasteiger partial charge in [0.2, 0.25) is 6.79 Å². The highest BCUT2D eigenvalue weighted by Crippen LogP contribution is 2.33. The SMILES string of the molecule is COc1cc(Cl)c(C)cc1NC(=O)COC(=O)c1ccc2c(c1)OCO2. The van der Waals surface area contributed by atoms with Gasteiger partial charge in [0.1, 0.15) is 5.75 Å². The number of amides is 1. The molecule has 0 fully saturated rings. The molecule has 26 heavy (non-hydrogen) atoms. The number of ether oxygens (including phenoxy) is 4. The molecule has 0 saturated carbocycles. The third kappa shape index (κ3) is 3.83. The second kappa shape index (κ2) is 7.53. The molecule has 1 aliphatic rings. The molecule has 1 aliphatic heterocycles. The lowest BCUT2D eigenvalue weighted by Crippen LogP contribution is -2.21. The maximum atomic E-state index is 12.1. The quantitative estimate of drug-likeness (QED) is 0.806. The van der Waals surface area contributed by atoms with Gasteiger partial charge in [-0.3, -0.25) is 4.79 Å². The van der Waals surface area contributed by atoms with Crippen molar-refractivity contribution in [2.75, 3.05) is 25.8 Å². The van der Waals surface area contributed by atoms with E-state index in [4.69, 9.17) is 30.5 Å². The lowest BCUT2D eigenvalue weighted by Gasteiger charge is -2.12. The Hall–Kier alpha value is -2.93. The number of benzene rings is 2. The van der Waals surface area contributed by atoms with E-state index in [1.807, 2.05) is 0 Å². The van der Waals surface area contributed by atoms with E-state index in [0.29, 0.717) is 28.0 Å². The first-order valence-electron chi connectivity index (χ1n) is 7.68. The number of halogens is 1. The zero-order chi connectivity index (χ0) is 18.7. The molecule has 2 aromatic rings. The lowest BCUT2D eigenvalue weighted by molar-refractivity contribution is -0.119. The Morgan fingerprint density at radius 2 is 1.96 bits per heavy atom. The van der Waals surface area contributed by atoms with Crippen LogP contribution in [0.4, 0.5) is 5.69 Å². The van der Waals surface area contributed by atoms with E-state index in [0.717, 1.165) is 5.56 Å². The molecular weight excluding hydrogens is 362 g/mol. The Morgan fingerprint density at radius 1 is 1.19 bits per heavy atom. The van der Waals surface area contributed by atoms with Gasteiger partial charge in [0.15, 0.2) is 18.1 Å². The van der Waals surface area contributed by atoms with Crippen LogP contribution in [-0.4, -0.2) is 32.4 Å². The molecule has 0 radical (unpaired) electrons. The Morgan fingerprint density at radius 3 is 2.73 bits per heavy atom. The van der Waals surface area contributed by atoms with Crippen LogP contribution in [0.15, 0.2) is 30.3 Å². The second-order valence-electron chi connectivity index (χ2n) is 5.49. The highest BCUT2D eigenvalue weighted by molar-refractivity contribution is 6.31. The summed E-state index contributed by atoms with van der Waals surface area (Å²) in [5.41, 5.74) is 1.49. The predicted molar refractivity (Wildman–Crippen MR) is 94.2 cm³/mol. The van der Waals surface area contributed by atoms with Gasteiger partial charge < -0.3 is 24.3 Å². The van der Waals surface area contributed by atoms with Crippen molar-refractivity contribution in [1.82, 2.24) is 0 Å². The minimum Gasteiger partial charge on any atom is -0.495 e.